The molecule has 0 N–H and O–H groups in total. The van der Waals surface area contributed by atoms with Gasteiger partial charge in [-0.1, -0.05) is 6.58 Å². The van der Waals surface area contributed by atoms with E-state index < -0.39 is 5.97 Å². The predicted octanol–water partition coefficient (Wildman–Crippen LogP) is 2.93. The molecule has 0 spiro atoms. The van der Waals surface area contributed by atoms with Crippen molar-refractivity contribution in [3.63, 3.8) is 0 Å². The summed E-state index contributed by atoms with van der Waals surface area (Å²) in [6.07, 6.45) is 0. The molecule has 0 aromatic rings. The summed E-state index contributed by atoms with van der Waals surface area (Å²) in [5, 5.41) is 0. The molecule has 15 heavy (non-hydrogen) atoms. The Morgan fingerprint density at radius 2 is 1.87 bits per heavy atom. The van der Waals surface area contributed by atoms with Crippen LogP contribution in [0, 0.1) is 0 Å². The number of hydrogen-bond donors (Lipinski definition) is 0. The van der Waals surface area contributed by atoms with E-state index in [0.717, 1.165) is 0 Å². The molecule has 0 amide bonds. The molecule has 8 heteroatoms. The van der Waals surface area contributed by atoms with Crippen molar-refractivity contribution < 1.29 is 24.0 Å². The maximum atomic E-state index is 10.6. The van der Waals surface area contributed by atoms with E-state index in [9.17, 15) is 9.59 Å². The Hall–Kier alpha value is 1.45. The predicted molar refractivity (Wildman–Crippen MR) is 79.8 cm³/mol. The van der Waals surface area contributed by atoms with Gasteiger partial charge in [0, 0.05) is 5.57 Å². The molecule has 0 aromatic carbocycles. The van der Waals surface area contributed by atoms with Crippen LogP contribution in [0.2, 0.25) is 0 Å². The van der Waals surface area contributed by atoms with Gasteiger partial charge in [0.1, 0.15) is 13.2 Å². The summed E-state index contributed by atoms with van der Waals surface area (Å²) < 4.78 is 8.86. The third-order valence-corrected chi connectivity index (χ3v) is 0.851. The summed E-state index contributed by atoms with van der Waals surface area (Å²) in [6, 6.07) is 0. The molecule has 0 radical (unpaired) electrons. The molecule has 0 aliphatic heterocycles. The molecular weight excluding hydrogens is 580 g/mol. The van der Waals surface area contributed by atoms with Crippen LogP contribution in [0.1, 0.15) is 6.92 Å². The summed E-state index contributed by atoms with van der Waals surface area (Å²) >= 11 is 7.39. The summed E-state index contributed by atoms with van der Waals surface area (Å²) in [6.45, 7) is 5.37. The monoisotopic (exact) mass is 590 g/mol. The first kappa shape index (κ1) is 18.8. The molecule has 88 valence electrons. The molecule has 0 rings (SSSR count). The SMILES string of the molecule is C=C(C)C(=O)OCCOC=O.[I][V]([I])[I]. The van der Waals surface area contributed by atoms with Gasteiger partial charge in [-0.05, 0) is 6.92 Å². The van der Waals surface area contributed by atoms with E-state index >= 15 is 0 Å². The minimum atomic E-state index is -0.473. The number of hydrogen-bond acceptors (Lipinski definition) is 4. The van der Waals surface area contributed by atoms with Crippen LogP contribution >= 0.6 is 59.9 Å². The van der Waals surface area contributed by atoms with Gasteiger partial charge in [-0.15, -0.1) is 0 Å². The van der Waals surface area contributed by atoms with Crippen molar-refractivity contribution in [1.82, 2.24) is 0 Å². The number of carbonyl (C=O) groups is 2. The Labute approximate surface area is 127 Å². The third-order valence-electron chi connectivity index (χ3n) is 0.851. The number of carbonyl (C=O) groups excluding carboxylic acids is 2. The fourth-order valence-electron chi connectivity index (χ4n) is 0.354. The van der Waals surface area contributed by atoms with E-state index in [4.69, 9.17) is 0 Å². The first-order valence-corrected chi connectivity index (χ1v) is 17.1. The second kappa shape index (κ2) is 13.5. The van der Waals surface area contributed by atoms with Crippen LogP contribution in [0.3, 0.4) is 0 Å². The van der Waals surface area contributed by atoms with E-state index in [1.165, 1.54) is 0 Å². The van der Waals surface area contributed by atoms with Gasteiger partial charge in [0.2, 0.25) is 0 Å². The molecular formula is C7H10I3O4V. The first-order chi connectivity index (χ1) is 6.91. The number of rotatable bonds is 5. The Bertz CT molecular complexity index is 208. The zero-order chi connectivity index (χ0) is 12.3. The van der Waals surface area contributed by atoms with E-state index in [-0.39, 0.29) is 18.1 Å². The quantitative estimate of drug-likeness (QED) is 0.163. The zero-order valence-electron chi connectivity index (χ0n) is 7.91. The molecule has 0 aliphatic carbocycles. The summed E-state index contributed by atoms with van der Waals surface area (Å²) in [7, 11) is 0. The van der Waals surface area contributed by atoms with Gasteiger partial charge in [-0.25, -0.2) is 4.79 Å². The standard InChI is InChI=1S/C7H10O4.3HI.V/c1-6(2)7(9)11-4-3-10-5-8;;;;/h5H,1,3-4H2,2H3;3*1H;/q;;;;+3/p-3. The van der Waals surface area contributed by atoms with Crippen LogP contribution in [-0.4, -0.2) is 25.7 Å². The summed E-state index contributed by atoms with van der Waals surface area (Å²) in [5.41, 5.74) is 0.330. The van der Waals surface area contributed by atoms with E-state index in [0.29, 0.717) is 12.0 Å². The van der Waals surface area contributed by atoms with Crippen LogP contribution in [0.5, 0.6) is 0 Å². The van der Waals surface area contributed by atoms with E-state index in [1.807, 2.05) is 0 Å². The minimum absolute atomic E-state index is 0.0738. The molecule has 0 saturated heterocycles. The Morgan fingerprint density at radius 1 is 1.40 bits per heavy atom. The van der Waals surface area contributed by atoms with Crippen molar-refractivity contribution in [1.29, 1.82) is 0 Å². The zero-order valence-corrected chi connectivity index (χ0v) is 15.8. The second-order valence-corrected chi connectivity index (χ2v) is 37.4. The number of esters is 1. The molecule has 0 unspecified atom stereocenters. The topological polar surface area (TPSA) is 52.6 Å². The van der Waals surface area contributed by atoms with Crippen LogP contribution in [-0.2, 0) is 24.0 Å². The van der Waals surface area contributed by atoms with Crippen LogP contribution in [0.15, 0.2) is 12.2 Å². The van der Waals surface area contributed by atoms with Gasteiger partial charge in [0.15, 0.2) is 0 Å². The van der Waals surface area contributed by atoms with E-state index in [2.05, 4.69) is 76.0 Å². The number of halogens is 3. The fraction of sp³-hybridized carbons (Fsp3) is 0.429. The van der Waals surface area contributed by atoms with Crippen molar-refractivity contribution in [2.45, 2.75) is 6.92 Å². The maximum absolute atomic E-state index is 10.6. The third kappa shape index (κ3) is 21.3. The van der Waals surface area contributed by atoms with Gasteiger partial charge in [0.05, 0.1) is 0 Å². The average Bonchev–Trinajstić information content (AvgIpc) is 2.11. The van der Waals surface area contributed by atoms with Crippen LogP contribution in [0.4, 0.5) is 0 Å². The van der Waals surface area contributed by atoms with Crippen molar-refractivity contribution in [2.24, 2.45) is 0 Å². The molecule has 0 aromatic heterocycles. The molecule has 0 bridgehead atoms. The normalized spacial score (nSPS) is 8.60. The van der Waals surface area contributed by atoms with Crippen LogP contribution in [0.25, 0.3) is 0 Å². The van der Waals surface area contributed by atoms with Gasteiger partial charge in [-0.2, -0.15) is 0 Å². The van der Waals surface area contributed by atoms with Crippen molar-refractivity contribution >= 4 is 72.4 Å². The number of ether oxygens (including phenoxy) is 2. The molecule has 0 saturated carbocycles. The first-order valence-electron chi connectivity index (χ1n) is 3.57. The average molecular weight is 590 g/mol. The molecule has 4 nitrogen and oxygen atoms in total. The van der Waals surface area contributed by atoms with E-state index in [1.54, 1.807) is 6.92 Å². The van der Waals surface area contributed by atoms with Gasteiger partial charge in [0.25, 0.3) is 6.47 Å². The summed E-state index contributed by atoms with van der Waals surface area (Å²) in [5.74, 6) is -0.473. The van der Waals surface area contributed by atoms with Crippen molar-refractivity contribution in [3.8, 4) is 0 Å². The second-order valence-electron chi connectivity index (χ2n) is 2.07. The van der Waals surface area contributed by atoms with Crippen molar-refractivity contribution in [2.75, 3.05) is 13.2 Å². The summed E-state index contributed by atoms with van der Waals surface area (Å²) in [4.78, 5) is 20.0. The van der Waals surface area contributed by atoms with Gasteiger partial charge in [-0.3, -0.25) is 4.79 Å². The Balaban J connectivity index is 0. The van der Waals surface area contributed by atoms with Gasteiger partial charge < -0.3 is 9.47 Å². The molecule has 0 aliphatic rings. The van der Waals surface area contributed by atoms with Gasteiger partial charge >= 0.3 is 70.8 Å². The Kier molecular flexibility index (Phi) is 17.0. The fourth-order valence-corrected chi connectivity index (χ4v) is 0.354. The molecule has 0 atom stereocenters. The van der Waals surface area contributed by atoms with Crippen molar-refractivity contribution in [3.05, 3.63) is 12.2 Å². The van der Waals surface area contributed by atoms with Crippen LogP contribution < -0.4 is 0 Å². The molecule has 0 fully saturated rings. The molecule has 0 heterocycles. The Morgan fingerprint density at radius 3 is 2.20 bits per heavy atom.